The fourth-order valence-electron chi connectivity index (χ4n) is 12.8. The van der Waals surface area contributed by atoms with Crippen LogP contribution in [0.5, 0.6) is 11.5 Å². The number of amides is 2. The van der Waals surface area contributed by atoms with Crippen LogP contribution in [0.15, 0.2) is 59.6 Å². The molecular formula is C60H64ClN8O5S+. The zero-order valence-corrected chi connectivity index (χ0v) is 45.2. The number of aromatic nitrogens is 3. The summed E-state index contributed by atoms with van der Waals surface area (Å²) in [5.41, 5.74) is 13.3. The average molecular weight is 1040 g/mol. The van der Waals surface area contributed by atoms with E-state index < -0.39 is 12.0 Å². The molecule has 1 atom stereocenters. The van der Waals surface area contributed by atoms with Gasteiger partial charge in [-0.3, -0.25) is 19.1 Å². The van der Waals surface area contributed by atoms with Gasteiger partial charge in [0.05, 0.1) is 23.3 Å². The van der Waals surface area contributed by atoms with Crippen molar-refractivity contribution in [2.45, 2.75) is 110 Å². The number of aromatic carboxylic acids is 1. The van der Waals surface area contributed by atoms with Gasteiger partial charge < -0.3 is 24.5 Å². The van der Waals surface area contributed by atoms with Gasteiger partial charge in [0.1, 0.15) is 41.5 Å². The quantitative estimate of drug-likeness (QED) is 0.0893. The van der Waals surface area contributed by atoms with E-state index in [0.29, 0.717) is 35.1 Å². The molecule has 13 nitrogen and oxygen atoms in total. The van der Waals surface area contributed by atoms with Crippen LogP contribution in [0.25, 0.3) is 10.6 Å². The summed E-state index contributed by atoms with van der Waals surface area (Å²) in [7, 11) is 3.68. The van der Waals surface area contributed by atoms with Crippen LogP contribution in [-0.2, 0) is 30.5 Å². The van der Waals surface area contributed by atoms with Crippen LogP contribution >= 0.6 is 22.9 Å². The Kier molecular flexibility index (Phi) is 13.0. The van der Waals surface area contributed by atoms with Crippen molar-refractivity contribution in [2.24, 2.45) is 4.99 Å². The highest BCUT2D eigenvalue weighted by atomic mass is 35.5. The number of halogens is 1. The molecule has 6 aliphatic heterocycles. The van der Waals surface area contributed by atoms with Crippen molar-refractivity contribution in [3.8, 4) is 16.5 Å². The van der Waals surface area contributed by atoms with E-state index in [1.807, 2.05) is 51.4 Å². The van der Waals surface area contributed by atoms with E-state index in [-0.39, 0.29) is 23.8 Å². The number of carboxylic acids is 1. The predicted molar refractivity (Wildman–Crippen MR) is 295 cm³/mol. The third-order valence-corrected chi connectivity index (χ3v) is 18.1. The maximum Gasteiger partial charge on any atom is 0.336 e. The molecule has 1 N–H and O–H groups in total. The zero-order chi connectivity index (χ0) is 51.8. The first-order chi connectivity index (χ1) is 36.3. The summed E-state index contributed by atoms with van der Waals surface area (Å²) in [6.45, 7) is 11.4. The number of carbonyl (C=O) groups is 3. The van der Waals surface area contributed by atoms with Gasteiger partial charge in [-0.1, -0.05) is 36.6 Å². The Morgan fingerprint density at radius 3 is 2.31 bits per heavy atom. The second-order valence-electron chi connectivity index (χ2n) is 21.5. The number of aryl methyl sites for hydroxylation is 4. The number of hydrogen-bond acceptors (Lipinski definition) is 9. The molecule has 0 aliphatic carbocycles. The molecule has 386 valence electrons. The largest absolute Gasteiger partial charge is 0.478 e. The Balaban J connectivity index is 0.754. The summed E-state index contributed by atoms with van der Waals surface area (Å²) in [6, 6.07) is 16.9. The van der Waals surface area contributed by atoms with Crippen LogP contribution in [-0.4, -0.2) is 107 Å². The number of benzene rings is 4. The molecule has 0 spiro atoms. The first-order valence-electron chi connectivity index (χ1n) is 27.0. The van der Waals surface area contributed by atoms with Crippen molar-refractivity contribution in [1.29, 1.82) is 0 Å². The highest BCUT2D eigenvalue weighted by Crippen LogP contribution is 2.49. The van der Waals surface area contributed by atoms with Crippen molar-refractivity contribution in [1.82, 2.24) is 29.1 Å². The van der Waals surface area contributed by atoms with Gasteiger partial charge in [0.15, 0.2) is 5.82 Å². The van der Waals surface area contributed by atoms with E-state index in [9.17, 15) is 19.5 Å². The number of aliphatic imine (C=N–C) groups is 1. The molecule has 6 aliphatic rings. The van der Waals surface area contributed by atoms with E-state index in [4.69, 9.17) is 21.3 Å². The lowest BCUT2D eigenvalue weighted by atomic mass is 9.81. The zero-order valence-electron chi connectivity index (χ0n) is 43.7. The number of ether oxygens (including phenoxy) is 1. The fraction of sp³-hybridized carbons (Fsp3) is 0.417. The van der Waals surface area contributed by atoms with E-state index >= 15 is 0 Å². The highest BCUT2D eigenvalue weighted by Gasteiger charge is 2.38. The molecule has 2 amide bonds. The summed E-state index contributed by atoms with van der Waals surface area (Å²) in [5.74, 6) is 1.93. The highest BCUT2D eigenvalue weighted by molar-refractivity contribution is 7.15. The monoisotopic (exact) mass is 1040 g/mol. The minimum Gasteiger partial charge on any atom is -0.478 e. The van der Waals surface area contributed by atoms with Crippen molar-refractivity contribution >= 4 is 57.7 Å². The van der Waals surface area contributed by atoms with E-state index in [1.54, 1.807) is 33.3 Å². The number of unbranched alkanes of at least 4 members (excludes halogenated alkanes) is 3. The number of carbonyl (C=O) groups excluding carboxylic acids is 2. The maximum atomic E-state index is 14.4. The second-order valence-corrected chi connectivity index (χ2v) is 23.1. The summed E-state index contributed by atoms with van der Waals surface area (Å²) in [4.78, 5) is 54.3. The number of rotatable bonds is 13. The van der Waals surface area contributed by atoms with Crippen LogP contribution in [0.1, 0.15) is 151 Å². The lowest BCUT2D eigenvalue weighted by molar-refractivity contribution is -0.130. The molecule has 15 heteroatoms. The van der Waals surface area contributed by atoms with Crippen molar-refractivity contribution in [3.05, 3.63) is 148 Å². The van der Waals surface area contributed by atoms with E-state index in [1.165, 1.54) is 38.2 Å². The van der Waals surface area contributed by atoms with Crippen LogP contribution < -0.4 is 24.8 Å². The molecule has 4 aromatic carbocycles. The lowest BCUT2D eigenvalue weighted by Gasteiger charge is -2.39. The molecule has 6 aromatic rings. The van der Waals surface area contributed by atoms with Gasteiger partial charge in [0.25, 0.3) is 5.91 Å². The van der Waals surface area contributed by atoms with Gasteiger partial charge in [0.2, 0.25) is 11.3 Å². The van der Waals surface area contributed by atoms with Gasteiger partial charge >= 0.3 is 5.97 Å². The number of anilines is 1. The Morgan fingerprint density at radius 2 is 1.53 bits per heavy atom. The van der Waals surface area contributed by atoms with Crippen LogP contribution in [0.4, 0.5) is 5.69 Å². The number of hydrogen-bond donors (Lipinski definition) is 1. The minimum absolute atomic E-state index is 0.0182. The van der Waals surface area contributed by atoms with Crippen LogP contribution in [0.3, 0.4) is 0 Å². The summed E-state index contributed by atoms with van der Waals surface area (Å²) >= 11 is 8.00. The molecule has 0 unspecified atom stereocenters. The SMILES string of the molecule is Cc1sc2c(c1C)C(c1ccc(Cl)cc1)=N[C@@H](CC(=O)N(C)CCCCCCN(C)C(=O)c1ccc(C(=O)O)c(C3=c4cc5c6c(c4Oc4c3cc3c7c4CCCN7CCC3)CCC[N+]=6CCC5)c1)c1nnc(C)n1-2. The standard InChI is InChI=1S/C60H63ClN8O5S/c1-34-35(2)75-59-50(34)52(37-18-21-41(61)22-19-37)62-48(57-64-63-36(3)69(57)59)33-49(70)65(4)24-8-6-7-9-25-66(5)58(71)40-20-23-42(60(72)73)45(32-40)51-46-30-38-14-10-26-67-28-12-16-43(53(38)67)55(46)74-56-44-17-13-29-68-27-11-15-39(54(44)68)31-47(51)56/h18-23,30-32,48H,6-17,24-29,33H2,1-5H3/p+1/t48-/m0/s1. The third-order valence-electron chi connectivity index (χ3n) is 16.7. The summed E-state index contributed by atoms with van der Waals surface area (Å²) < 4.78 is 11.8. The van der Waals surface area contributed by atoms with Crippen LogP contribution in [0, 0.1) is 20.8 Å². The first kappa shape index (κ1) is 49.2. The van der Waals surface area contributed by atoms with Crippen molar-refractivity contribution in [2.75, 3.05) is 58.3 Å². The predicted octanol–water partition coefficient (Wildman–Crippen LogP) is 9.11. The van der Waals surface area contributed by atoms with Gasteiger partial charge in [-0.25, -0.2) is 9.37 Å². The Bertz CT molecular complexity index is 3530. The third kappa shape index (κ3) is 8.65. The number of carboxylic acid groups (broad SMARTS) is 1. The van der Waals surface area contributed by atoms with E-state index in [0.717, 1.165) is 164 Å². The maximum absolute atomic E-state index is 14.4. The molecule has 8 heterocycles. The molecule has 0 saturated heterocycles. The Labute approximate surface area is 446 Å². The van der Waals surface area contributed by atoms with Crippen molar-refractivity contribution in [3.63, 3.8) is 0 Å². The average Bonchev–Trinajstić information content (AvgIpc) is 3.90. The summed E-state index contributed by atoms with van der Waals surface area (Å²) in [6.07, 6.45) is 11.5. The molecule has 12 rings (SSSR count). The number of nitrogens with zero attached hydrogens (tertiary/aromatic N) is 8. The Hall–Kier alpha value is -6.64. The Morgan fingerprint density at radius 1 is 0.813 bits per heavy atom. The second kappa shape index (κ2) is 19.8. The van der Waals surface area contributed by atoms with Gasteiger partial charge in [-0.05, 0) is 131 Å². The molecule has 0 radical (unpaired) electrons. The summed E-state index contributed by atoms with van der Waals surface area (Å²) in [5, 5.41) is 23.8. The molecule has 2 aromatic heterocycles. The molecule has 0 saturated carbocycles. The van der Waals surface area contributed by atoms with Crippen LogP contribution in [0.2, 0.25) is 5.02 Å². The van der Waals surface area contributed by atoms with Crippen molar-refractivity contribution < 1.29 is 24.2 Å². The van der Waals surface area contributed by atoms with Gasteiger partial charge in [-0.2, -0.15) is 0 Å². The first-order valence-corrected chi connectivity index (χ1v) is 28.2. The molecule has 0 fully saturated rings. The number of fused-ring (bicyclic) bond motifs is 7. The fourth-order valence-corrected chi connectivity index (χ4v) is 14.2. The molecule has 0 bridgehead atoms. The normalized spacial score (nSPS) is 16.9. The smallest absolute Gasteiger partial charge is 0.336 e. The topological polar surface area (TPSA) is 136 Å². The molecular weight excluding hydrogens is 980 g/mol. The van der Waals surface area contributed by atoms with E-state index in [2.05, 4.69) is 50.2 Å². The van der Waals surface area contributed by atoms with Gasteiger partial charge in [-0.15, -0.1) is 21.5 Å². The lowest BCUT2D eigenvalue weighted by Crippen LogP contribution is -2.45. The molecule has 75 heavy (non-hydrogen) atoms. The number of thiophene rings is 1. The van der Waals surface area contributed by atoms with Gasteiger partial charge in [0, 0.05) is 113 Å². The minimum atomic E-state index is -1.02.